The molecule has 0 aromatic carbocycles. The maximum atomic E-state index is 10.7. The van der Waals surface area contributed by atoms with Crippen molar-refractivity contribution in [3.05, 3.63) is 17.5 Å². The van der Waals surface area contributed by atoms with Gasteiger partial charge in [-0.15, -0.1) is 0 Å². The van der Waals surface area contributed by atoms with Crippen LogP contribution in [0.2, 0.25) is 0 Å². The van der Waals surface area contributed by atoms with Gasteiger partial charge in [-0.1, -0.05) is 0 Å². The summed E-state index contributed by atoms with van der Waals surface area (Å²) in [4.78, 5) is 10.7. The molecule has 1 aromatic heterocycles. The number of aryl methyl sites for hydroxylation is 1. The van der Waals surface area contributed by atoms with E-state index in [0.29, 0.717) is 13.0 Å². The van der Waals surface area contributed by atoms with Gasteiger partial charge in [-0.2, -0.15) is 5.10 Å². The molecular formula is C10H18N4O. The van der Waals surface area contributed by atoms with E-state index in [1.54, 1.807) is 0 Å². The van der Waals surface area contributed by atoms with Crippen molar-refractivity contribution in [1.82, 2.24) is 15.1 Å². The van der Waals surface area contributed by atoms with Gasteiger partial charge in [-0.3, -0.25) is 9.48 Å². The van der Waals surface area contributed by atoms with E-state index >= 15 is 0 Å². The fraction of sp³-hybridized carbons (Fsp3) is 0.600. The van der Waals surface area contributed by atoms with Crippen molar-refractivity contribution in [2.75, 3.05) is 0 Å². The Kier molecular flexibility index (Phi) is 3.85. The SMILES string of the molecule is Cc1c(CNC(C)CC(N)=O)cnn1C. The molecule has 1 heterocycles. The van der Waals surface area contributed by atoms with E-state index < -0.39 is 0 Å². The van der Waals surface area contributed by atoms with Gasteiger partial charge >= 0.3 is 0 Å². The predicted molar refractivity (Wildman–Crippen MR) is 58.1 cm³/mol. The maximum Gasteiger partial charge on any atom is 0.218 e. The summed E-state index contributed by atoms with van der Waals surface area (Å²) in [5.41, 5.74) is 7.38. The van der Waals surface area contributed by atoms with Crippen LogP contribution in [0.15, 0.2) is 6.20 Å². The molecule has 0 spiro atoms. The third-order valence-corrected chi connectivity index (χ3v) is 2.49. The van der Waals surface area contributed by atoms with Gasteiger partial charge in [-0.25, -0.2) is 0 Å². The molecule has 5 nitrogen and oxygen atoms in total. The van der Waals surface area contributed by atoms with Crippen molar-refractivity contribution in [3.63, 3.8) is 0 Å². The monoisotopic (exact) mass is 210 g/mol. The summed E-state index contributed by atoms with van der Waals surface area (Å²) in [6.45, 7) is 4.67. The Morgan fingerprint density at radius 2 is 2.40 bits per heavy atom. The van der Waals surface area contributed by atoms with Crippen molar-refractivity contribution in [1.29, 1.82) is 0 Å². The highest BCUT2D eigenvalue weighted by Gasteiger charge is 2.07. The molecule has 5 heteroatoms. The second-order valence-electron chi connectivity index (χ2n) is 3.83. The number of amides is 1. The van der Waals surface area contributed by atoms with Crippen LogP contribution in [0, 0.1) is 6.92 Å². The second kappa shape index (κ2) is 4.93. The van der Waals surface area contributed by atoms with E-state index in [1.807, 2.05) is 31.8 Å². The van der Waals surface area contributed by atoms with Crippen molar-refractivity contribution in [2.24, 2.45) is 12.8 Å². The van der Waals surface area contributed by atoms with E-state index in [9.17, 15) is 4.79 Å². The van der Waals surface area contributed by atoms with E-state index in [1.165, 1.54) is 0 Å². The van der Waals surface area contributed by atoms with E-state index in [4.69, 9.17) is 5.73 Å². The number of carbonyl (C=O) groups excluding carboxylic acids is 1. The summed E-state index contributed by atoms with van der Waals surface area (Å²) in [5, 5.41) is 7.37. The van der Waals surface area contributed by atoms with E-state index in [-0.39, 0.29) is 11.9 Å². The molecule has 1 unspecified atom stereocenters. The molecule has 0 aliphatic rings. The number of carbonyl (C=O) groups is 1. The fourth-order valence-corrected chi connectivity index (χ4v) is 1.38. The third kappa shape index (κ3) is 3.36. The minimum atomic E-state index is -0.280. The molecule has 0 radical (unpaired) electrons. The van der Waals surface area contributed by atoms with Crippen LogP contribution < -0.4 is 11.1 Å². The van der Waals surface area contributed by atoms with Gasteiger partial charge in [0, 0.05) is 37.3 Å². The van der Waals surface area contributed by atoms with Crippen molar-refractivity contribution < 1.29 is 4.79 Å². The van der Waals surface area contributed by atoms with Crippen LogP contribution in [0.5, 0.6) is 0 Å². The molecule has 15 heavy (non-hydrogen) atoms. The lowest BCUT2D eigenvalue weighted by molar-refractivity contribution is -0.118. The van der Waals surface area contributed by atoms with Gasteiger partial charge in [0.1, 0.15) is 0 Å². The van der Waals surface area contributed by atoms with Gasteiger partial charge in [-0.05, 0) is 13.8 Å². The molecule has 84 valence electrons. The number of rotatable bonds is 5. The van der Waals surface area contributed by atoms with Crippen LogP contribution >= 0.6 is 0 Å². The zero-order valence-electron chi connectivity index (χ0n) is 9.45. The number of nitrogens with two attached hydrogens (primary N) is 1. The van der Waals surface area contributed by atoms with Crippen LogP contribution in [0.4, 0.5) is 0 Å². The van der Waals surface area contributed by atoms with Gasteiger partial charge in [0.05, 0.1) is 6.20 Å². The van der Waals surface area contributed by atoms with Gasteiger partial charge in [0.15, 0.2) is 0 Å². The van der Waals surface area contributed by atoms with Gasteiger partial charge in [0.2, 0.25) is 5.91 Å². The summed E-state index contributed by atoms with van der Waals surface area (Å²) >= 11 is 0. The lowest BCUT2D eigenvalue weighted by Gasteiger charge is -2.11. The van der Waals surface area contributed by atoms with Gasteiger partial charge < -0.3 is 11.1 Å². The summed E-state index contributed by atoms with van der Waals surface area (Å²) in [5.74, 6) is -0.280. The quantitative estimate of drug-likeness (QED) is 0.723. The first-order chi connectivity index (χ1) is 7.00. The molecule has 0 saturated heterocycles. The molecule has 1 rings (SSSR count). The molecule has 3 N–H and O–H groups in total. The molecule has 0 saturated carbocycles. The average molecular weight is 210 g/mol. The standard InChI is InChI=1S/C10H18N4O/c1-7(4-10(11)15)12-5-9-6-13-14(3)8(9)2/h6-7,12H,4-5H2,1-3H3,(H2,11,15). The first kappa shape index (κ1) is 11.7. The summed E-state index contributed by atoms with van der Waals surface area (Å²) in [6.07, 6.45) is 2.19. The van der Waals surface area contributed by atoms with Gasteiger partial charge in [0.25, 0.3) is 0 Å². The van der Waals surface area contributed by atoms with Crippen LogP contribution in [0.25, 0.3) is 0 Å². The second-order valence-corrected chi connectivity index (χ2v) is 3.83. The van der Waals surface area contributed by atoms with Crippen LogP contribution in [0.3, 0.4) is 0 Å². The molecule has 0 bridgehead atoms. The Labute approximate surface area is 89.6 Å². The smallest absolute Gasteiger partial charge is 0.218 e. The topological polar surface area (TPSA) is 72.9 Å². The lowest BCUT2D eigenvalue weighted by Crippen LogP contribution is -2.30. The van der Waals surface area contributed by atoms with Crippen LogP contribution in [0.1, 0.15) is 24.6 Å². The average Bonchev–Trinajstić information content (AvgIpc) is 2.44. The van der Waals surface area contributed by atoms with Crippen molar-refractivity contribution in [3.8, 4) is 0 Å². The zero-order valence-corrected chi connectivity index (χ0v) is 9.45. The van der Waals surface area contributed by atoms with Crippen molar-refractivity contribution in [2.45, 2.75) is 32.9 Å². The first-order valence-corrected chi connectivity index (χ1v) is 5.00. The Morgan fingerprint density at radius 3 is 2.87 bits per heavy atom. The summed E-state index contributed by atoms with van der Waals surface area (Å²) < 4.78 is 1.83. The maximum absolute atomic E-state index is 10.7. The number of hydrogen-bond donors (Lipinski definition) is 2. The highest BCUT2D eigenvalue weighted by Crippen LogP contribution is 2.05. The highest BCUT2D eigenvalue weighted by molar-refractivity contribution is 5.74. The number of aromatic nitrogens is 2. The summed E-state index contributed by atoms with van der Waals surface area (Å²) in [7, 11) is 1.91. The van der Waals surface area contributed by atoms with Crippen LogP contribution in [-0.4, -0.2) is 21.7 Å². The molecule has 1 aromatic rings. The highest BCUT2D eigenvalue weighted by atomic mass is 16.1. The lowest BCUT2D eigenvalue weighted by atomic mass is 10.2. The first-order valence-electron chi connectivity index (χ1n) is 5.00. The number of hydrogen-bond acceptors (Lipinski definition) is 3. The minimum Gasteiger partial charge on any atom is -0.370 e. The molecule has 1 atom stereocenters. The van der Waals surface area contributed by atoms with E-state index in [2.05, 4.69) is 10.4 Å². The number of primary amides is 1. The zero-order chi connectivity index (χ0) is 11.4. The Bertz CT molecular complexity index is 345. The Balaban J connectivity index is 2.43. The number of nitrogens with one attached hydrogen (secondary N) is 1. The molecule has 0 aliphatic heterocycles. The van der Waals surface area contributed by atoms with Crippen molar-refractivity contribution >= 4 is 5.91 Å². The third-order valence-electron chi connectivity index (χ3n) is 2.49. The number of nitrogens with zero attached hydrogens (tertiary/aromatic N) is 2. The van der Waals surface area contributed by atoms with Crippen LogP contribution in [-0.2, 0) is 18.4 Å². The molecule has 0 aliphatic carbocycles. The largest absolute Gasteiger partial charge is 0.370 e. The van der Waals surface area contributed by atoms with E-state index in [0.717, 1.165) is 11.3 Å². The normalized spacial score (nSPS) is 12.7. The Hall–Kier alpha value is -1.36. The molecular weight excluding hydrogens is 192 g/mol. The minimum absolute atomic E-state index is 0.0992. The predicted octanol–water partition coefficient (Wildman–Crippen LogP) is 0.0820. The Morgan fingerprint density at radius 1 is 1.73 bits per heavy atom. The molecule has 1 amide bonds. The fourth-order valence-electron chi connectivity index (χ4n) is 1.38. The summed E-state index contributed by atoms with van der Waals surface area (Å²) in [6, 6.07) is 0.0992. The molecule has 0 fully saturated rings.